The molecule has 0 bridgehead atoms. The molecule has 2 N–H and O–H groups in total. The van der Waals surface area contributed by atoms with Crippen molar-refractivity contribution >= 4 is 40.7 Å². The van der Waals surface area contributed by atoms with Crippen LogP contribution < -0.4 is 10.6 Å². The lowest BCUT2D eigenvalue weighted by molar-refractivity contribution is 0.625. The fraction of sp³-hybridized carbons (Fsp3) is 0.533. The normalized spacial score (nSPS) is 14.0. The monoisotopic (exact) mass is 423 g/mol. The van der Waals surface area contributed by atoms with Gasteiger partial charge in [-0.1, -0.05) is 25.1 Å². The van der Waals surface area contributed by atoms with Crippen LogP contribution >= 0.6 is 24.0 Å². The van der Waals surface area contributed by atoms with Gasteiger partial charge in [-0.25, -0.2) is 0 Å². The predicted molar refractivity (Wildman–Crippen MR) is 102 cm³/mol. The number of halogens is 1. The third kappa shape index (κ3) is 8.40. The van der Waals surface area contributed by atoms with Crippen molar-refractivity contribution in [3.8, 4) is 0 Å². The molecule has 1 aromatic rings. The maximum Gasteiger partial charge on any atom is 0.191 e. The molecule has 0 aliphatic carbocycles. The molecule has 0 aromatic heterocycles. The van der Waals surface area contributed by atoms with Gasteiger partial charge in [0.05, 0.1) is 17.3 Å². The molecule has 4 nitrogen and oxygen atoms in total. The Morgan fingerprint density at radius 3 is 2.52 bits per heavy atom. The predicted octanol–water partition coefficient (Wildman–Crippen LogP) is 2.77. The second kappa shape index (κ2) is 12.0. The zero-order valence-corrected chi connectivity index (χ0v) is 16.1. The number of benzene rings is 1. The zero-order valence-electron chi connectivity index (χ0n) is 13.0. The van der Waals surface area contributed by atoms with Crippen LogP contribution in [0.1, 0.15) is 27.2 Å². The molecule has 0 saturated carbocycles. The van der Waals surface area contributed by atoms with Gasteiger partial charge in [-0.05, 0) is 32.4 Å². The van der Waals surface area contributed by atoms with Crippen LogP contribution in [-0.4, -0.2) is 35.1 Å². The number of guanidine groups is 1. The van der Waals surface area contributed by atoms with Crippen LogP contribution in [0.3, 0.4) is 0 Å². The molecule has 0 radical (unpaired) electrons. The van der Waals surface area contributed by atoms with Crippen molar-refractivity contribution in [1.82, 2.24) is 10.6 Å². The topological polar surface area (TPSA) is 53.5 Å². The minimum Gasteiger partial charge on any atom is -0.357 e. The van der Waals surface area contributed by atoms with Gasteiger partial charge < -0.3 is 10.6 Å². The molecule has 0 aliphatic rings. The summed E-state index contributed by atoms with van der Waals surface area (Å²) in [5.74, 6) is 1.34. The lowest BCUT2D eigenvalue weighted by Gasteiger charge is -2.16. The van der Waals surface area contributed by atoms with E-state index in [-0.39, 0.29) is 24.0 Å². The molecule has 0 fully saturated rings. The fourth-order valence-electron chi connectivity index (χ4n) is 1.59. The Hall–Kier alpha value is -0.630. The molecule has 0 spiro atoms. The summed E-state index contributed by atoms with van der Waals surface area (Å²) >= 11 is 0. The molecule has 1 rings (SSSR count). The Morgan fingerprint density at radius 1 is 1.29 bits per heavy atom. The standard InChI is InChI=1S/C15H25N3OS.HI/c1-4-13(3)18-15(16-5-2)17-11-12-20(19)14-9-7-6-8-10-14;/h6-10,13H,4-5,11-12H2,1-3H3,(H2,16,17,18);1H. The number of hydrogen-bond donors (Lipinski definition) is 2. The molecular weight excluding hydrogens is 397 g/mol. The largest absolute Gasteiger partial charge is 0.357 e. The van der Waals surface area contributed by atoms with Crippen molar-refractivity contribution in [3.63, 3.8) is 0 Å². The number of nitrogens with zero attached hydrogens (tertiary/aromatic N) is 1. The van der Waals surface area contributed by atoms with E-state index in [0.29, 0.717) is 18.3 Å². The average Bonchev–Trinajstić information content (AvgIpc) is 2.48. The summed E-state index contributed by atoms with van der Waals surface area (Å²) in [5, 5.41) is 6.52. The van der Waals surface area contributed by atoms with Crippen LogP contribution in [0.15, 0.2) is 40.2 Å². The van der Waals surface area contributed by atoms with Crippen molar-refractivity contribution < 1.29 is 4.21 Å². The minimum atomic E-state index is -0.981. The molecule has 0 amide bonds. The van der Waals surface area contributed by atoms with Gasteiger partial charge in [0.25, 0.3) is 0 Å². The average molecular weight is 423 g/mol. The Kier molecular flexibility index (Phi) is 11.6. The fourth-order valence-corrected chi connectivity index (χ4v) is 2.54. The minimum absolute atomic E-state index is 0. The number of aliphatic imine (C=N–C) groups is 1. The Bertz CT molecular complexity index is 440. The zero-order chi connectivity index (χ0) is 14.8. The Morgan fingerprint density at radius 2 is 1.95 bits per heavy atom. The van der Waals surface area contributed by atoms with Crippen molar-refractivity contribution in [2.45, 2.75) is 38.1 Å². The van der Waals surface area contributed by atoms with Crippen LogP contribution in [0.5, 0.6) is 0 Å². The van der Waals surface area contributed by atoms with E-state index in [0.717, 1.165) is 23.8 Å². The van der Waals surface area contributed by atoms with Crippen molar-refractivity contribution in [1.29, 1.82) is 0 Å². The van der Waals surface area contributed by atoms with Crippen LogP contribution in [0.25, 0.3) is 0 Å². The summed E-state index contributed by atoms with van der Waals surface area (Å²) in [6.45, 7) is 7.66. The first kappa shape index (κ1) is 20.4. The summed E-state index contributed by atoms with van der Waals surface area (Å²) in [7, 11) is -0.981. The second-order valence-corrected chi connectivity index (χ2v) is 6.15. The van der Waals surface area contributed by atoms with E-state index < -0.39 is 10.8 Å². The van der Waals surface area contributed by atoms with Crippen molar-refractivity contribution in [2.75, 3.05) is 18.8 Å². The van der Waals surface area contributed by atoms with Crippen LogP contribution in [0, 0.1) is 0 Å². The van der Waals surface area contributed by atoms with E-state index in [1.165, 1.54) is 0 Å². The SMILES string of the molecule is CCNC(=NCCS(=O)c1ccccc1)NC(C)CC.I. The Labute approximate surface area is 147 Å². The third-order valence-corrected chi connectivity index (χ3v) is 4.24. The van der Waals surface area contributed by atoms with Gasteiger partial charge in [-0.15, -0.1) is 24.0 Å². The van der Waals surface area contributed by atoms with Gasteiger partial charge in [0, 0.05) is 23.2 Å². The highest BCUT2D eigenvalue weighted by Crippen LogP contribution is 2.05. The van der Waals surface area contributed by atoms with E-state index in [1.807, 2.05) is 37.3 Å². The van der Waals surface area contributed by atoms with Crippen LogP contribution in [-0.2, 0) is 10.8 Å². The van der Waals surface area contributed by atoms with Crippen molar-refractivity contribution in [3.05, 3.63) is 30.3 Å². The maximum absolute atomic E-state index is 12.1. The smallest absolute Gasteiger partial charge is 0.191 e. The molecule has 6 heteroatoms. The molecule has 21 heavy (non-hydrogen) atoms. The quantitative estimate of drug-likeness (QED) is 0.403. The van der Waals surface area contributed by atoms with Gasteiger partial charge in [0.15, 0.2) is 5.96 Å². The highest BCUT2D eigenvalue weighted by molar-refractivity contribution is 14.0. The molecule has 2 atom stereocenters. The highest BCUT2D eigenvalue weighted by atomic mass is 127. The van der Waals surface area contributed by atoms with E-state index in [9.17, 15) is 4.21 Å². The summed E-state index contributed by atoms with van der Waals surface area (Å²) in [6, 6.07) is 9.91. The van der Waals surface area contributed by atoms with Gasteiger partial charge in [-0.2, -0.15) is 0 Å². The van der Waals surface area contributed by atoms with Gasteiger partial charge in [-0.3, -0.25) is 9.20 Å². The summed E-state index contributed by atoms with van der Waals surface area (Å²) < 4.78 is 12.1. The summed E-state index contributed by atoms with van der Waals surface area (Å²) in [4.78, 5) is 5.33. The van der Waals surface area contributed by atoms with Crippen molar-refractivity contribution in [2.24, 2.45) is 4.99 Å². The second-order valence-electron chi connectivity index (χ2n) is 4.58. The lowest BCUT2D eigenvalue weighted by atomic mass is 10.3. The molecule has 0 heterocycles. The van der Waals surface area contributed by atoms with Crippen LogP contribution in [0.2, 0.25) is 0 Å². The molecular formula is C15H26IN3OS. The van der Waals surface area contributed by atoms with E-state index in [4.69, 9.17) is 0 Å². The summed E-state index contributed by atoms with van der Waals surface area (Å²) in [6.07, 6.45) is 1.04. The van der Waals surface area contributed by atoms with E-state index >= 15 is 0 Å². The Balaban J connectivity index is 0.00000400. The lowest BCUT2D eigenvalue weighted by Crippen LogP contribution is -2.42. The first-order valence-corrected chi connectivity index (χ1v) is 8.47. The molecule has 0 aliphatic heterocycles. The van der Waals surface area contributed by atoms with E-state index in [2.05, 4.69) is 29.5 Å². The first-order chi connectivity index (χ1) is 9.67. The number of nitrogens with one attached hydrogen (secondary N) is 2. The van der Waals surface area contributed by atoms with Gasteiger partial charge >= 0.3 is 0 Å². The third-order valence-electron chi connectivity index (χ3n) is 2.89. The highest BCUT2D eigenvalue weighted by Gasteiger charge is 2.04. The summed E-state index contributed by atoms with van der Waals surface area (Å²) in [5.41, 5.74) is 0. The first-order valence-electron chi connectivity index (χ1n) is 7.15. The van der Waals surface area contributed by atoms with Gasteiger partial charge in [0.1, 0.15) is 0 Å². The molecule has 1 aromatic carbocycles. The molecule has 0 saturated heterocycles. The molecule has 120 valence electrons. The molecule has 2 unspecified atom stereocenters. The maximum atomic E-state index is 12.1. The van der Waals surface area contributed by atoms with Gasteiger partial charge in [0.2, 0.25) is 0 Å². The van der Waals surface area contributed by atoms with Crippen LogP contribution in [0.4, 0.5) is 0 Å². The number of rotatable bonds is 7. The van der Waals surface area contributed by atoms with E-state index in [1.54, 1.807) is 0 Å². The number of hydrogen-bond acceptors (Lipinski definition) is 2.